The Bertz CT molecular complexity index is 491. The van der Waals surface area contributed by atoms with Gasteiger partial charge in [0.2, 0.25) is 5.91 Å². The number of anilines is 1. The van der Waals surface area contributed by atoms with Crippen LogP contribution in [0.4, 0.5) is 10.1 Å². The van der Waals surface area contributed by atoms with Gasteiger partial charge in [0.25, 0.3) is 5.91 Å². The lowest BCUT2D eigenvalue weighted by Crippen LogP contribution is -2.35. The van der Waals surface area contributed by atoms with E-state index in [-0.39, 0.29) is 36.2 Å². The molecule has 2 amide bonds. The standard InChI is InChI=1S/C14H20FN3O2/c1-3-9(2)18-13(19)6-7-17-14(20)11-5-4-10(16)8-12(11)15/h4-5,8-9H,3,6-7,16H2,1-2H3,(H,17,20)(H,18,19). The summed E-state index contributed by atoms with van der Waals surface area (Å²) in [6, 6.07) is 3.96. The van der Waals surface area contributed by atoms with E-state index in [2.05, 4.69) is 10.6 Å². The number of benzene rings is 1. The molecule has 1 aromatic carbocycles. The van der Waals surface area contributed by atoms with Crippen molar-refractivity contribution in [2.75, 3.05) is 12.3 Å². The second kappa shape index (κ2) is 7.47. The van der Waals surface area contributed by atoms with Gasteiger partial charge in [-0.15, -0.1) is 0 Å². The van der Waals surface area contributed by atoms with E-state index >= 15 is 0 Å². The fraction of sp³-hybridized carbons (Fsp3) is 0.429. The van der Waals surface area contributed by atoms with Crippen LogP contribution in [0.25, 0.3) is 0 Å². The molecule has 0 radical (unpaired) electrons. The summed E-state index contributed by atoms with van der Waals surface area (Å²) < 4.78 is 13.5. The third-order valence-corrected chi connectivity index (χ3v) is 2.90. The predicted octanol–water partition coefficient (Wildman–Crippen LogP) is 1.44. The van der Waals surface area contributed by atoms with Gasteiger partial charge >= 0.3 is 0 Å². The van der Waals surface area contributed by atoms with E-state index in [0.717, 1.165) is 12.5 Å². The lowest BCUT2D eigenvalue weighted by atomic mass is 10.2. The number of nitrogen functional groups attached to an aromatic ring is 1. The van der Waals surface area contributed by atoms with Crippen molar-refractivity contribution in [3.8, 4) is 0 Å². The Morgan fingerprint density at radius 3 is 2.70 bits per heavy atom. The third-order valence-electron chi connectivity index (χ3n) is 2.90. The Kier molecular flexibility index (Phi) is 5.96. The number of carbonyl (C=O) groups excluding carboxylic acids is 2. The first kappa shape index (κ1) is 15.9. The maximum Gasteiger partial charge on any atom is 0.254 e. The molecule has 0 saturated heterocycles. The summed E-state index contributed by atoms with van der Waals surface area (Å²) in [7, 11) is 0. The first-order chi connectivity index (χ1) is 9.43. The minimum Gasteiger partial charge on any atom is -0.399 e. The monoisotopic (exact) mass is 281 g/mol. The highest BCUT2D eigenvalue weighted by Crippen LogP contribution is 2.11. The van der Waals surface area contributed by atoms with E-state index in [1.54, 1.807) is 0 Å². The second-order valence-electron chi connectivity index (χ2n) is 4.62. The molecule has 0 bridgehead atoms. The smallest absolute Gasteiger partial charge is 0.254 e. The Balaban J connectivity index is 2.42. The van der Waals surface area contributed by atoms with Crippen LogP contribution in [-0.2, 0) is 4.79 Å². The average Bonchev–Trinajstić information content (AvgIpc) is 2.38. The first-order valence-electron chi connectivity index (χ1n) is 6.56. The zero-order valence-electron chi connectivity index (χ0n) is 11.7. The average molecular weight is 281 g/mol. The topological polar surface area (TPSA) is 84.2 Å². The molecule has 110 valence electrons. The molecule has 6 heteroatoms. The largest absolute Gasteiger partial charge is 0.399 e. The van der Waals surface area contributed by atoms with Gasteiger partial charge in [-0.25, -0.2) is 4.39 Å². The van der Waals surface area contributed by atoms with Gasteiger partial charge in [-0.05, 0) is 31.5 Å². The minimum absolute atomic E-state index is 0.0819. The van der Waals surface area contributed by atoms with Crippen LogP contribution in [0.15, 0.2) is 18.2 Å². The van der Waals surface area contributed by atoms with Crippen LogP contribution >= 0.6 is 0 Å². The molecule has 0 aliphatic rings. The molecule has 0 heterocycles. The molecular formula is C14H20FN3O2. The molecule has 20 heavy (non-hydrogen) atoms. The highest BCUT2D eigenvalue weighted by molar-refractivity contribution is 5.95. The summed E-state index contributed by atoms with van der Waals surface area (Å²) in [4.78, 5) is 23.2. The third kappa shape index (κ3) is 4.87. The van der Waals surface area contributed by atoms with Gasteiger partial charge in [-0.2, -0.15) is 0 Å². The van der Waals surface area contributed by atoms with Crippen molar-refractivity contribution in [1.82, 2.24) is 10.6 Å². The van der Waals surface area contributed by atoms with Crippen LogP contribution in [0.3, 0.4) is 0 Å². The van der Waals surface area contributed by atoms with Crippen LogP contribution in [0, 0.1) is 5.82 Å². The Hall–Kier alpha value is -2.11. The summed E-state index contributed by atoms with van der Waals surface area (Å²) in [5, 5.41) is 5.28. The van der Waals surface area contributed by atoms with Crippen LogP contribution in [0.1, 0.15) is 37.0 Å². The Labute approximate surface area is 117 Å². The first-order valence-corrected chi connectivity index (χ1v) is 6.56. The summed E-state index contributed by atoms with van der Waals surface area (Å²) in [5.41, 5.74) is 5.58. The van der Waals surface area contributed by atoms with Crippen LogP contribution in [-0.4, -0.2) is 24.4 Å². The minimum atomic E-state index is -0.674. The van der Waals surface area contributed by atoms with Gasteiger partial charge < -0.3 is 16.4 Å². The maximum absolute atomic E-state index is 13.5. The normalized spacial score (nSPS) is 11.8. The van der Waals surface area contributed by atoms with Crippen molar-refractivity contribution in [3.63, 3.8) is 0 Å². The molecule has 1 unspecified atom stereocenters. The number of amides is 2. The van der Waals surface area contributed by atoms with Gasteiger partial charge in [-0.1, -0.05) is 6.92 Å². The summed E-state index contributed by atoms with van der Waals surface area (Å²) in [6.45, 7) is 4.03. The number of carbonyl (C=O) groups is 2. The fourth-order valence-corrected chi connectivity index (χ4v) is 1.55. The number of hydrogen-bond donors (Lipinski definition) is 3. The maximum atomic E-state index is 13.5. The molecule has 0 aliphatic carbocycles. The molecule has 0 spiro atoms. The van der Waals surface area contributed by atoms with Crippen molar-refractivity contribution in [2.24, 2.45) is 0 Å². The van der Waals surface area contributed by atoms with Gasteiger partial charge in [0.1, 0.15) is 5.82 Å². The zero-order chi connectivity index (χ0) is 15.1. The van der Waals surface area contributed by atoms with E-state index in [0.29, 0.717) is 0 Å². The number of halogens is 1. The number of nitrogens with one attached hydrogen (secondary N) is 2. The second-order valence-corrected chi connectivity index (χ2v) is 4.62. The van der Waals surface area contributed by atoms with Gasteiger partial charge in [0.05, 0.1) is 5.56 Å². The molecule has 1 atom stereocenters. The summed E-state index contributed by atoms with van der Waals surface area (Å²) in [6.07, 6.45) is 1.00. The predicted molar refractivity (Wildman–Crippen MR) is 75.7 cm³/mol. The van der Waals surface area contributed by atoms with Crippen molar-refractivity contribution in [3.05, 3.63) is 29.6 Å². The Morgan fingerprint density at radius 1 is 1.40 bits per heavy atom. The van der Waals surface area contributed by atoms with Crippen molar-refractivity contribution < 1.29 is 14.0 Å². The molecule has 0 aliphatic heterocycles. The molecule has 5 nitrogen and oxygen atoms in total. The van der Waals surface area contributed by atoms with E-state index in [1.165, 1.54) is 12.1 Å². The molecule has 0 aromatic heterocycles. The SMILES string of the molecule is CCC(C)NC(=O)CCNC(=O)c1ccc(N)cc1F. The van der Waals surface area contributed by atoms with Gasteiger partial charge in [-0.3, -0.25) is 9.59 Å². The molecule has 1 aromatic rings. The number of nitrogens with two attached hydrogens (primary N) is 1. The Morgan fingerprint density at radius 2 is 2.10 bits per heavy atom. The van der Waals surface area contributed by atoms with Crippen molar-refractivity contribution in [2.45, 2.75) is 32.7 Å². The lowest BCUT2D eigenvalue weighted by Gasteiger charge is -2.11. The van der Waals surface area contributed by atoms with Gasteiger partial charge in [0.15, 0.2) is 0 Å². The summed E-state index contributed by atoms with van der Waals surface area (Å²) in [5.74, 6) is -1.37. The molecule has 1 rings (SSSR count). The molecule has 4 N–H and O–H groups in total. The quantitative estimate of drug-likeness (QED) is 0.690. The van der Waals surface area contributed by atoms with E-state index in [9.17, 15) is 14.0 Å². The zero-order valence-corrected chi connectivity index (χ0v) is 11.7. The van der Waals surface area contributed by atoms with Crippen molar-refractivity contribution >= 4 is 17.5 Å². The highest BCUT2D eigenvalue weighted by Gasteiger charge is 2.12. The van der Waals surface area contributed by atoms with Crippen LogP contribution < -0.4 is 16.4 Å². The van der Waals surface area contributed by atoms with Crippen molar-refractivity contribution in [1.29, 1.82) is 0 Å². The summed E-state index contributed by atoms with van der Waals surface area (Å²) >= 11 is 0. The lowest BCUT2D eigenvalue weighted by molar-refractivity contribution is -0.121. The van der Waals surface area contributed by atoms with Crippen LogP contribution in [0.5, 0.6) is 0 Å². The molecule has 0 fully saturated rings. The fourth-order valence-electron chi connectivity index (χ4n) is 1.55. The van der Waals surface area contributed by atoms with E-state index < -0.39 is 11.7 Å². The van der Waals surface area contributed by atoms with E-state index in [4.69, 9.17) is 5.73 Å². The highest BCUT2D eigenvalue weighted by atomic mass is 19.1. The van der Waals surface area contributed by atoms with Crippen LogP contribution in [0.2, 0.25) is 0 Å². The molecular weight excluding hydrogens is 261 g/mol. The van der Waals surface area contributed by atoms with Gasteiger partial charge in [0, 0.05) is 24.7 Å². The molecule has 0 saturated carbocycles. The van der Waals surface area contributed by atoms with E-state index in [1.807, 2.05) is 13.8 Å². The number of rotatable bonds is 6. The number of hydrogen-bond acceptors (Lipinski definition) is 3.